The van der Waals surface area contributed by atoms with Crippen LogP contribution in [0.25, 0.3) is 0 Å². The molecule has 0 atom stereocenters. The first-order chi connectivity index (χ1) is 4.00. The van der Waals surface area contributed by atoms with Crippen LogP contribution >= 0.6 is 15.6 Å². The second-order valence-electron chi connectivity index (χ2n) is 0.981. The van der Waals surface area contributed by atoms with Crippen molar-refractivity contribution in [2.24, 2.45) is 0 Å². The molecule has 0 aromatic rings. The van der Waals surface area contributed by atoms with Gasteiger partial charge in [0.1, 0.15) is 0 Å². The largest absolute Gasteiger partial charge is 2.00 e. The van der Waals surface area contributed by atoms with Crippen LogP contribution in [0.3, 0.4) is 0 Å². The van der Waals surface area contributed by atoms with E-state index in [2.05, 4.69) is 0 Å². The van der Waals surface area contributed by atoms with E-state index in [1.165, 1.54) is 0 Å². The third-order valence-electron chi connectivity index (χ3n) is 0. The predicted molar refractivity (Wildman–Crippen MR) is 34.9 cm³/mol. The van der Waals surface area contributed by atoms with E-state index in [4.69, 9.17) is 38.5 Å². The Kier molecular flexibility index (Phi) is 16.4. The van der Waals surface area contributed by atoms with Crippen LogP contribution in [0.4, 0.5) is 0 Å². The van der Waals surface area contributed by atoms with Crippen LogP contribution in [0.2, 0.25) is 0 Å². The van der Waals surface area contributed by atoms with Crippen LogP contribution in [0.15, 0.2) is 0 Å². The molecule has 12 heteroatoms. The summed E-state index contributed by atoms with van der Waals surface area (Å²) in [5, 5.41) is 0. The van der Waals surface area contributed by atoms with Crippen molar-refractivity contribution in [2.45, 2.75) is 0 Å². The molecule has 0 bridgehead atoms. The summed E-state index contributed by atoms with van der Waals surface area (Å²) in [6.07, 6.45) is 0. The van der Waals surface area contributed by atoms with Crippen molar-refractivity contribution in [2.75, 3.05) is 0 Å². The molecule has 0 aromatic heterocycles. The van der Waals surface area contributed by atoms with E-state index in [0.717, 1.165) is 0 Å². The number of phosphoric acid groups is 2. The minimum Gasteiger partial charge on any atom is -0.756 e. The van der Waals surface area contributed by atoms with Gasteiger partial charge in [0.2, 0.25) is 0 Å². The Morgan fingerprint density at radius 1 is 0.833 bits per heavy atom. The summed E-state index contributed by atoms with van der Waals surface area (Å²) in [7, 11) is -9.78. The van der Waals surface area contributed by atoms with E-state index in [-0.39, 0.29) is 29.2 Å². The quantitative estimate of drug-likeness (QED) is 0.210. The summed E-state index contributed by atoms with van der Waals surface area (Å²) in [5.74, 6) is 0. The Bertz CT molecular complexity index is 129. The van der Waals surface area contributed by atoms with Gasteiger partial charge in [-0.05, 0) is 0 Å². The fraction of sp³-hybridized carbons (Fsp3) is 0. The van der Waals surface area contributed by atoms with Crippen molar-refractivity contribution in [3.8, 4) is 0 Å². The van der Waals surface area contributed by atoms with Crippen molar-refractivity contribution in [1.29, 1.82) is 0 Å². The molecule has 12 heavy (non-hydrogen) atoms. The summed E-state index contributed by atoms with van der Waals surface area (Å²) in [5.41, 5.74) is 0. The SMILES string of the molecule is N.O=P([O-])(O)O.O=P([O-])(O)O.[Mg+2]. The van der Waals surface area contributed by atoms with E-state index in [0.29, 0.717) is 0 Å². The minimum atomic E-state index is -4.89. The van der Waals surface area contributed by atoms with Gasteiger partial charge in [-0.3, -0.25) is 9.13 Å². The Balaban J connectivity index is -0.0000000457. The van der Waals surface area contributed by atoms with Crippen LogP contribution in [0, 0.1) is 0 Å². The molecular weight excluding hydrogens is 228 g/mol. The molecule has 0 aromatic carbocycles. The molecule has 0 fully saturated rings. The van der Waals surface area contributed by atoms with Gasteiger partial charge in [-0.15, -0.1) is 0 Å². The molecule has 0 unspecified atom stereocenters. The maximum absolute atomic E-state index is 8.77. The average molecular weight is 235 g/mol. The van der Waals surface area contributed by atoms with Gasteiger partial charge in [0, 0.05) is 0 Å². The molecule has 0 rings (SSSR count). The Hall–Kier alpha value is 0.946. The molecule has 0 amide bonds. The molecule has 0 aliphatic rings. The number of hydrogen-bond acceptors (Lipinski definition) is 5. The smallest absolute Gasteiger partial charge is 0.756 e. The van der Waals surface area contributed by atoms with Gasteiger partial charge in [-0.2, -0.15) is 0 Å². The van der Waals surface area contributed by atoms with Gasteiger partial charge in [0.15, 0.2) is 0 Å². The monoisotopic (exact) mass is 235 g/mol. The second kappa shape index (κ2) is 8.54. The molecule has 0 saturated heterocycles. The third kappa shape index (κ3) is 1210. The fourth-order valence-electron chi connectivity index (χ4n) is 0. The molecule has 7 N–H and O–H groups in total. The first-order valence-electron chi connectivity index (χ1n) is 1.53. The maximum atomic E-state index is 8.77. The van der Waals surface area contributed by atoms with Crippen molar-refractivity contribution in [1.82, 2.24) is 6.15 Å². The summed E-state index contributed by atoms with van der Waals surface area (Å²) in [6, 6.07) is 0. The zero-order valence-electron chi connectivity index (χ0n) is 5.73. The average Bonchev–Trinajstić information content (AvgIpc) is 1.12. The van der Waals surface area contributed by atoms with Crippen LogP contribution in [-0.4, -0.2) is 42.6 Å². The fourth-order valence-corrected chi connectivity index (χ4v) is 0. The molecule has 9 nitrogen and oxygen atoms in total. The molecule has 0 heterocycles. The van der Waals surface area contributed by atoms with E-state index >= 15 is 0 Å². The summed E-state index contributed by atoms with van der Waals surface area (Å²) < 4.78 is 17.5. The van der Waals surface area contributed by atoms with Crippen LogP contribution in [-0.2, 0) is 9.13 Å². The molecule has 0 aliphatic heterocycles. The molecule has 72 valence electrons. The normalized spacial score (nSPS) is 9.83. The molecular formula is H7MgNO8P2. The van der Waals surface area contributed by atoms with Gasteiger partial charge in [0.25, 0.3) is 15.6 Å². The third-order valence-corrected chi connectivity index (χ3v) is 0. The van der Waals surface area contributed by atoms with Crippen molar-refractivity contribution in [3.63, 3.8) is 0 Å². The number of rotatable bonds is 0. The molecule has 0 aliphatic carbocycles. The Labute approximate surface area is 83.7 Å². The number of hydrogen-bond donors (Lipinski definition) is 5. The van der Waals surface area contributed by atoms with Gasteiger partial charge in [0.05, 0.1) is 0 Å². The first kappa shape index (κ1) is 23.1. The van der Waals surface area contributed by atoms with Crippen molar-refractivity contribution in [3.05, 3.63) is 0 Å². The standard InChI is InChI=1S/Mg.H3N.2H3O4P/c;;2*1-5(2,3)4/h;1H3;2*(H3,1,2,3,4)/q+2;;;/p-2. The van der Waals surface area contributed by atoms with Gasteiger partial charge >= 0.3 is 23.1 Å². The maximum Gasteiger partial charge on any atom is 2.00 e. The van der Waals surface area contributed by atoms with Crippen molar-refractivity contribution >= 4 is 38.7 Å². The van der Waals surface area contributed by atoms with E-state index in [1.807, 2.05) is 0 Å². The van der Waals surface area contributed by atoms with Crippen LogP contribution in [0.1, 0.15) is 0 Å². The Morgan fingerprint density at radius 2 is 0.833 bits per heavy atom. The van der Waals surface area contributed by atoms with Crippen LogP contribution in [0.5, 0.6) is 0 Å². The summed E-state index contributed by atoms with van der Waals surface area (Å²) >= 11 is 0. The van der Waals surface area contributed by atoms with Gasteiger partial charge in [-0.25, -0.2) is 0 Å². The predicted octanol–water partition coefficient (Wildman–Crippen LogP) is -3.34. The topological polar surface area (TPSA) is 196 Å². The first-order valence-corrected chi connectivity index (χ1v) is 4.59. The summed E-state index contributed by atoms with van der Waals surface area (Å²) in [6.45, 7) is 0. The minimum absolute atomic E-state index is 0. The Morgan fingerprint density at radius 3 is 0.833 bits per heavy atom. The van der Waals surface area contributed by atoms with Gasteiger partial charge in [-0.1, -0.05) is 0 Å². The molecule has 0 saturated carbocycles. The second-order valence-corrected chi connectivity index (χ2v) is 2.94. The summed E-state index contributed by atoms with van der Waals surface area (Å²) in [4.78, 5) is 45.8. The van der Waals surface area contributed by atoms with E-state index < -0.39 is 15.6 Å². The van der Waals surface area contributed by atoms with E-state index in [1.54, 1.807) is 0 Å². The zero-order chi connectivity index (χ0) is 9.00. The van der Waals surface area contributed by atoms with Gasteiger partial charge < -0.3 is 35.5 Å². The van der Waals surface area contributed by atoms with Crippen LogP contribution < -0.4 is 15.9 Å². The molecule has 0 radical (unpaired) electrons. The van der Waals surface area contributed by atoms with Crippen molar-refractivity contribution < 1.29 is 38.5 Å². The van der Waals surface area contributed by atoms with E-state index in [9.17, 15) is 0 Å². The zero-order valence-corrected chi connectivity index (χ0v) is 8.93. The molecule has 0 spiro atoms.